The first-order valence-corrected chi connectivity index (χ1v) is 10.8. The summed E-state index contributed by atoms with van der Waals surface area (Å²) in [5, 5.41) is 5.33. The summed E-state index contributed by atoms with van der Waals surface area (Å²) in [7, 11) is 0. The SMILES string of the molecule is O=C(CCCc1ccc(Br)s1)Nc1ccc(F)c(NC(=O)Cc2ccccc2)c1. The lowest BCUT2D eigenvalue weighted by Gasteiger charge is -2.10. The van der Waals surface area contributed by atoms with Crippen LogP contribution in [0.4, 0.5) is 15.8 Å². The maximum atomic E-state index is 14.1. The summed E-state index contributed by atoms with van der Waals surface area (Å²) in [5.74, 6) is -1.01. The van der Waals surface area contributed by atoms with E-state index >= 15 is 0 Å². The molecule has 7 heteroatoms. The van der Waals surface area contributed by atoms with Gasteiger partial charge in [-0.2, -0.15) is 0 Å². The van der Waals surface area contributed by atoms with Crippen LogP contribution in [0.15, 0.2) is 64.5 Å². The monoisotopic (exact) mass is 474 g/mol. The molecule has 0 bridgehead atoms. The summed E-state index contributed by atoms with van der Waals surface area (Å²) < 4.78 is 15.1. The lowest BCUT2D eigenvalue weighted by Crippen LogP contribution is -2.16. The molecule has 29 heavy (non-hydrogen) atoms. The van der Waals surface area contributed by atoms with Crippen molar-refractivity contribution in [2.45, 2.75) is 25.7 Å². The van der Waals surface area contributed by atoms with E-state index in [2.05, 4.69) is 26.6 Å². The number of rotatable bonds is 8. The number of carbonyl (C=O) groups excluding carboxylic acids is 2. The number of hydrogen-bond acceptors (Lipinski definition) is 3. The molecule has 2 N–H and O–H groups in total. The minimum Gasteiger partial charge on any atom is -0.326 e. The molecule has 1 aromatic heterocycles. The number of anilines is 2. The highest BCUT2D eigenvalue weighted by Gasteiger charge is 2.10. The Bertz CT molecular complexity index is 991. The molecular formula is C22H20BrFN2O2S. The van der Waals surface area contributed by atoms with Crippen molar-refractivity contribution in [2.24, 2.45) is 0 Å². The van der Waals surface area contributed by atoms with E-state index in [9.17, 15) is 14.0 Å². The largest absolute Gasteiger partial charge is 0.326 e. The van der Waals surface area contributed by atoms with Crippen LogP contribution in [0.5, 0.6) is 0 Å². The van der Waals surface area contributed by atoms with Crippen LogP contribution in [0.25, 0.3) is 0 Å². The van der Waals surface area contributed by atoms with Gasteiger partial charge in [-0.05, 0) is 64.7 Å². The van der Waals surface area contributed by atoms with Gasteiger partial charge >= 0.3 is 0 Å². The zero-order valence-electron chi connectivity index (χ0n) is 15.6. The van der Waals surface area contributed by atoms with Gasteiger partial charge in [-0.3, -0.25) is 9.59 Å². The maximum Gasteiger partial charge on any atom is 0.228 e. The summed E-state index contributed by atoms with van der Waals surface area (Å²) in [6.07, 6.45) is 2.06. The Morgan fingerprint density at radius 2 is 1.76 bits per heavy atom. The minimum atomic E-state index is -0.548. The highest BCUT2D eigenvalue weighted by atomic mass is 79.9. The molecule has 0 aliphatic heterocycles. The molecule has 3 aromatic rings. The Labute approximate surface area is 181 Å². The van der Waals surface area contributed by atoms with Crippen LogP contribution in [0.3, 0.4) is 0 Å². The molecule has 4 nitrogen and oxygen atoms in total. The fraction of sp³-hybridized carbons (Fsp3) is 0.182. The first kappa shape index (κ1) is 21.2. The zero-order chi connectivity index (χ0) is 20.6. The number of hydrogen-bond donors (Lipinski definition) is 2. The Balaban J connectivity index is 1.52. The Morgan fingerprint density at radius 3 is 2.48 bits per heavy atom. The molecule has 0 fully saturated rings. The number of aryl methyl sites for hydroxylation is 1. The highest BCUT2D eigenvalue weighted by molar-refractivity contribution is 9.11. The van der Waals surface area contributed by atoms with Crippen molar-refractivity contribution in [1.29, 1.82) is 0 Å². The van der Waals surface area contributed by atoms with E-state index < -0.39 is 5.82 Å². The van der Waals surface area contributed by atoms with Gasteiger partial charge in [0.1, 0.15) is 5.82 Å². The van der Waals surface area contributed by atoms with E-state index in [1.807, 2.05) is 42.5 Å². The third-order valence-electron chi connectivity index (χ3n) is 4.19. The summed E-state index contributed by atoms with van der Waals surface area (Å²) in [5.41, 5.74) is 1.34. The standard InChI is InChI=1S/C22H20BrFN2O2S/c23-20-12-10-17(29-20)7-4-8-21(27)25-16-9-11-18(24)19(14-16)26-22(28)13-15-5-2-1-3-6-15/h1-3,5-6,9-12,14H,4,7-8,13H2,(H,25,27)(H,26,28). The highest BCUT2D eigenvalue weighted by Crippen LogP contribution is 2.24. The number of amides is 2. The van der Waals surface area contributed by atoms with Crippen LogP contribution in [0, 0.1) is 5.82 Å². The first-order chi connectivity index (χ1) is 14.0. The molecule has 2 amide bonds. The lowest BCUT2D eigenvalue weighted by molar-refractivity contribution is -0.116. The quantitative estimate of drug-likeness (QED) is 0.433. The average Bonchev–Trinajstić information content (AvgIpc) is 3.10. The van der Waals surface area contributed by atoms with Gasteiger partial charge in [0, 0.05) is 17.0 Å². The third-order valence-corrected chi connectivity index (χ3v) is 5.87. The summed E-state index contributed by atoms with van der Waals surface area (Å²) in [6, 6.07) is 17.4. The Morgan fingerprint density at radius 1 is 0.966 bits per heavy atom. The Hall–Kier alpha value is -2.51. The van der Waals surface area contributed by atoms with Crippen LogP contribution < -0.4 is 10.6 Å². The third kappa shape index (κ3) is 6.80. The van der Waals surface area contributed by atoms with E-state index in [0.717, 1.165) is 22.2 Å². The molecule has 2 aromatic carbocycles. The molecule has 0 atom stereocenters. The molecule has 0 saturated carbocycles. The fourth-order valence-corrected chi connectivity index (χ4v) is 4.33. The van der Waals surface area contributed by atoms with Gasteiger partial charge in [0.2, 0.25) is 11.8 Å². The molecule has 150 valence electrons. The van der Waals surface area contributed by atoms with E-state index in [0.29, 0.717) is 12.1 Å². The molecular weight excluding hydrogens is 455 g/mol. The average molecular weight is 475 g/mol. The first-order valence-electron chi connectivity index (χ1n) is 9.17. The van der Waals surface area contributed by atoms with E-state index in [1.165, 1.54) is 23.1 Å². The van der Waals surface area contributed by atoms with Crippen LogP contribution in [-0.2, 0) is 22.4 Å². The second-order valence-electron chi connectivity index (χ2n) is 6.51. The molecule has 0 spiro atoms. The molecule has 1 heterocycles. The van der Waals surface area contributed by atoms with Gasteiger partial charge < -0.3 is 10.6 Å². The van der Waals surface area contributed by atoms with Gasteiger partial charge in [0.15, 0.2) is 0 Å². The Kier molecular flexibility index (Phi) is 7.55. The van der Waals surface area contributed by atoms with Crippen molar-refractivity contribution in [2.75, 3.05) is 10.6 Å². The number of thiophene rings is 1. The van der Waals surface area contributed by atoms with Crippen molar-refractivity contribution < 1.29 is 14.0 Å². The van der Waals surface area contributed by atoms with Crippen LogP contribution >= 0.6 is 27.3 Å². The van der Waals surface area contributed by atoms with Gasteiger partial charge in [0.25, 0.3) is 0 Å². The van der Waals surface area contributed by atoms with Crippen LogP contribution in [0.2, 0.25) is 0 Å². The predicted octanol–water partition coefficient (Wildman–Crippen LogP) is 5.79. The number of benzene rings is 2. The second kappa shape index (κ2) is 10.3. The molecule has 0 saturated heterocycles. The van der Waals surface area contributed by atoms with Crippen molar-refractivity contribution in [3.8, 4) is 0 Å². The zero-order valence-corrected chi connectivity index (χ0v) is 18.0. The number of carbonyl (C=O) groups is 2. The smallest absolute Gasteiger partial charge is 0.228 e. The van der Waals surface area contributed by atoms with E-state index in [-0.39, 0.29) is 23.9 Å². The van der Waals surface area contributed by atoms with Gasteiger partial charge in [0.05, 0.1) is 15.9 Å². The van der Waals surface area contributed by atoms with Crippen LogP contribution in [0.1, 0.15) is 23.3 Å². The summed E-state index contributed by atoms with van der Waals surface area (Å²) in [4.78, 5) is 25.6. The molecule has 0 radical (unpaired) electrons. The maximum absolute atomic E-state index is 14.1. The van der Waals surface area contributed by atoms with Crippen molar-refractivity contribution in [1.82, 2.24) is 0 Å². The topological polar surface area (TPSA) is 58.2 Å². The lowest BCUT2D eigenvalue weighted by atomic mass is 10.1. The predicted molar refractivity (Wildman–Crippen MR) is 119 cm³/mol. The molecule has 0 aliphatic carbocycles. The number of nitrogens with one attached hydrogen (secondary N) is 2. The normalized spacial score (nSPS) is 10.6. The number of halogens is 2. The molecule has 0 unspecified atom stereocenters. The summed E-state index contributed by atoms with van der Waals surface area (Å²) in [6.45, 7) is 0. The van der Waals surface area contributed by atoms with E-state index in [1.54, 1.807) is 11.3 Å². The van der Waals surface area contributed by atoms with Crippen molar-refractivity contribution in [3.63, 3.8) is 0 Å². The fourth-order valence-electron chi connectivity index (χ4n) is 2.81. The molecule has 3 rings (SSSR count). The van der Waals surface area contributed by atoms with Crippen molar-refractivity contribution in [3.05, 3.63) is 80.7 Å². The van der Waals surface area contributed by atoms with Crippen LogP contribution in [-0.4, -0.2) is 11.8 Å². The van der Waals surface area contributed by atoms with Gasteiger partial charge in [-0.15, -0.1) is 11.3 Å². The van der Waals surface area contributed by atoms with E-state index in [4.69, 9.17) is 0 Å². The van der Waals surface area contributed by atoms with Gasteiger partial charge in [-0.25, -0.2) is 4.39 Å². The van der Waals surface area contributed by atoms with Crippen molar-refractivity contribution >= 4 is 50.5 Å². The van der Waals surface area contributed by atoms with Gasteiger partial charge in [-0.1, -0.05) is 30.3 Å². The molecule has 0 aliphatic rings. The summed E-state index contributed by atoms with van der Waals surface area (Å²) >= 11 is 5.08. The minimum absolute atomic E-state index is 0.0483. The second-order valence-corrected chi connectivity index (χ2v) is 9.06.